The largest absolute Gasteiger partial charge is 0.268 e. The molecule has 0 amide bonds. The van der Waals surface area contributed by atoms with Crippen molar-refractivity contribution in [3.05, 3.63) is 0 Å². The van der Waals surface area contributed by atoms with Gasteiger partial charge in [0.05, 0.1) is 0 Å². The number of hydrogen-bond donors (Lipinski definition) is 0. The van der Waals surface area contributed by atoms with E-state index in [9.17, 15) is 4.39 Å². The molecule has 4 heteroatoms. The molecule has 0 aromatic rings. The Labute approximate surface area is 59.9 Å². The number of alkyl halides is 4. The standard InChI is InChI=1S/CBr2FI/c2-1(3,4)5. The first-order valence-corrected chi connectivity index (χ1v) is 3.42. The lowest BCUT2D eigenvalue weighted by molar-refractivity contribution is 0.568. The first kappa shape index (κ1) is 6.62. The molecule has 0 bridgehead atoms. The highest BCUT2D eigenvalue weighted by Gasteiger charge is 2.11. The Balaban J connectivity index is 3.02. The van der Waals surface area contributed by atoms with Crippen LogP contribution >= 0.6 is 54.5 Å². The SMILES string of the molecule is FC(Br)(Br)I. The first-order valence-electron chi connectivity index (χ1n) is 0.756. The van der Waals surface area contributed by atoms with Gasteiger partial charge >= 0.3 is 0 Å². The Bertz CT molecular complexity index is 25.1. The minimum atomic E-state index is -1.41. The molecule has 0 unspecified atom stereocenters. The molecule has 0 heterocycles. The van der Waals surface area contributed by atoms with E-state index in [4.69, 9.17) is 0 Å². The van der Waals surface area contributed by atoms with E-state index >= 15 is 0 Å². The zero-order chi connectivity index (χ0) is 4.50. The molecule has 0 saturated carbocycles. The summed E-state index contributed by atoms with van der Waals surface area (Å²) in [5, 5.41) is 0. The highest BCUT2D eigenvalue weighted by Crippen LogP contribution is 2.34. The molecule has 0 nitrogen and oxygen atoms in total. The first-order chi connectivity index (χ1) is 2.00. The fourth-order valence-corrected chi connectivity index (χ4v) is 0. The maximum absolute atomic E-state index is 11.5. The van der Waals surface area contributed by atoms with Crippen LogP contribution in [0.5, 0.6) is 0 Å². The summed E-state index contributed by atoms with van der Waals surface area (Å²) in [4.78, 5) is 0. The van der Waals surface area contributed by atoms with Gasteiger partial charge in [0.25, 0.3) is 1.49 Å². The smallest absolute Gasteiger partial charge is 0.207 e. The summed E-state index contributed by atoms with van der Waals surface area (Å²) in [6.45, 7) is 0. The van der Waals surface area contributed by atoms with Gasteiger partial charge in [-0.1, -0.05) is 0 Å². The van der Waals surface area contributed by atoms with Crippen molar-refractivity contribution in [2.75, 3.05) is 0 Å². The van der Waals surface area contributed by atoms with Gasteiger partial charge in [-0.2, -0.15) is 0 Å². The van der Waals surface area contributed by atoms with Crippen molar-refractivity contribution < 1.29 is 4.39 Å². The van der Waals surface area contributed by atoms with E-state index < -0.39 is 1.49 Å². The summed E-state index contributed by atoms with van der Waals surface area (Å²) in [6.07, 6.45) is 0. The summed E-state index contributed by atoms with van der Waals surface area (Å²) in [5.74, 6) is 0. The number of hydrogen-bond acceptors (Lipinski definition) is 0. The fourth-order valence-electron chi connectivity index (χ4n) is 0. The second-order valence-electron chi connectivity index (χ2n) is 0.429. The molecule has 0 saturated heterocycles. The molecule has 0 aromatic heterocycles. The van der Waals surface area contributed by atoms with Crippen LogP contribution in [0, 0.1) is 0 Å². The van der Waals surface area contributed by atoms with Crippen LogP contribution in [0.1, 0.15) is 0 Å². The molecule has 0 N–H and O–H groups in total. The molecule has 0 aliphatic rings. The molecular weight excluding hydrogens is 318 g/mol. The van der Waals surface area contributed by atoms with E-state index in [1.165, 1.54) is 0 Å². The van der Waals surface area contributed by atoms with Gasteiger partial charge in [0.1, 0.15) is 0 Å². The third kappa shape index (κ3) is 28.1. The summed E-state index contributed by atoms with van der Waals surface area (Å²) >= 11 is 6.77. The van der Waals surface area contributed by atoms with Crippen molar-refractivity contribution in [2.24, 2.45) is 0 Å². The third-order valence-corrected chi connectivity index (χ3v) is 0. The molecule has 32 valence electrons. The topological polar surface area (TPSA) is 0 Å². The zero-order valence-electron chi connectivity index (χ0n) is 2.01. The van der Waals surface area contributed by atoms with E-state index in [2.05, 4.69) is 31.9 Å². The van der Waals surface area contributed by atoms with Crippen LogP contribution in [-0.2, 0) is 0 Å². The quantitative estimate of drug-likeness (QED) is 0.476. The van der Waals surface area contributed by atoms with Crippen LogP contribution in [0.15, 0.2) is 0 Å². The molecule has 0 radical (unpaired) electrons. The molecule has 0 aliphatic heterocycles. The lowest BCUT2D eigenvalue weighted by atomic mass is 11.8. The summed E-state index contributed by atoms with van der Waals surface area (Å²) in [6, 6.07) is 0. The van der Waals surface area contributed by atoms with Crippen molar-refractivity contribution in [1.29, 1.82) is 0 Å². The van der Waals surface area contributed by atoms with E-state index in [1.54, 1.807) is 22.6 Å². The maximum Gasteiger partial charge on any atom is 0.268 e. The average molecular weight is 318 g/mol. The Morgan fingerprint density at radius 1 is 1.60 bits per heavy atom. The van der Waals surface area contributed by atoms with Gasteiger partial charge in [-0.05, 0) is 54.5 Å². The van der Waals surface area contributed by atoms with Crippen LogP contribution in [0.4, 0.5) is 4.39 Å². The number of halogens is 4. The fraction of sp³-hybridized carbons (Fsp3) is 1.00. The van der Waals surface area contributed by atoms with Gasteiger partial charge in [0.15, 0.2) is 0 Å². The van der Waals surface area contributed by atoms with E-state index in [-0.39, 0.29) is 0 Å². The number of rotatable bonds is 0. The molecule has 0 fully saturated rings. The van der Waals surface area contributed by atoms with Crippen molar-refractivity contribution in [3.63, 3.8) is 0 Å². The van der Waals surface area contributed by atoms with Gasteiger partial charge in [0.2, 0.25) is 0 Å². The average Bonchev–Trinajstić information content (AvgIpc) is 0.722. The van der Waals surface area contributed by atoms with Gasteiger partial charge in [0, 0.05) is 0 Å². The van der Waals surface area contributed by atoms with E-state index in [0.29, 0.717) is 0 Å². The van der Waals surface area contributed by atoms with Crippen LogP contribution in [0.25, 0.3) is 0 Å². The van der Waals surface area contributed by atoms with Crippen molar-refractivity contribution in [1.82, 2.24) is 0 Å². The van der Waals surface area contributed by atoms with Crippen LogP contribution in [-0.4, -0.2) is 1.49 Å². The second kappa shape index (κ2) is 2.07. The van der Waals surface area contributed by atoms with Crippen LogP contribution < -0.4 is 0 Å². The lowest BCUT2D eigenvalue weighted by Gasteiger charge is -1.91. The monoisotopic (exact) mass is 316 g/mol. The predicted molar refractivity (Wildman–Crippen MR) is 35.7 cm³/mol. The Hall–Kier alpha value is 1.62. The Morgan fingerprint density at radius 3 is 1.60 bits per heavy atom. The molecule has 0 atom stereocenters. The van der Waals surface area contributed by atoms with Crippen LogP contribution in [0.3, 0.4) is 0 Å². The summed E-state index contributed by atoms with van der Waals surface area (Å²) in [7, 11) is 0. The molecule has 0 aliphatic carbocycles. The molecule has 0 spiro atoms. The lowest BCUT2D eigenvalue weighted by Crippen LogP contribution is -1.79. The Kier molecular flexibility index (Phi) is 2.74. The molecule has 0 aromatic carbocycles. The minimum Gasteiger partial charge on any atom is -0.207 e. The third-order valence-electron chi connectivity index (χ3n) is 0. The van der Waals surface area contributed by atoms with Gasteiger partial charge in [-0.15, -0.1) is 0 Å². The Morgan fingerprint density at radius 2 is 1.60 bits per heavy atom. The summed E-state index contributed by atoms with van der Waals surface area (Å²) in [5.41, 5.74) is 0. The van der Waals surface area contributed by atoms with E-state index in [1.807, 2.05) is 0 Å². The molecule has 5 heavy (non-hydrogen) atoms. The normalized spacial score (nSPS) is 12.0. The maximum atomic E-state index is 11.5. The minimum absolute atomic E-state index is 1.41. The highest BCUT2D eigenvalue weighted by molar-refractivity contribution is 14.1. The molecular formula is CBr2FI. The van der Waals surface area contributed by atoms with Crippen molar-refractivity contribution in [3.8, 4) is 0 Å². The molecule has 0 rings (SSSR count). The summed E-state index contributed by atoms with van der Waals surface area (Å²) < 4.78 is 10.1. The van der Waals surface area contributed by atoms with Crippen molar-refractivity contribution >= 4 is 54.5 Å². The highest BCUT2D eigenvalue weighted by atomic mass is 127. The van der Waals surface area contributed by atoms with Gasteiger partial charge in [-0.3, -0.25) is 0 Å². The van der Waals surface area contributed by atoms with Crippen molar-refractivity contribution in [2.45, 2.75) is 1.49 Å². The van der Waals surface area contributed by atoms with Gasteiger partial charge < -0.3 is 0 Å². The second-order valence-corrected chi connectivity index (χ2v) is 8.13. The van der Waals surface area contributed by atoms with E-state index in [0.717, 1.165) is 0 Å². The van der Waals surface area contributed by atoms with Crippen LogP contribution in [0.2, 0.25) is 0 Å². The zero-order valence-corrected chi connectivity index (χ0v) is 7.34. The predicted octanol–water partition coefficient (Wildman–Crippen LogP) is 2.79. The van der Waals surface area contributed by atoms with Gasteiger partial charge in [-0.25, -0.2) is 4.39 Å².